The summed E-state index contributed by atoms with van der Waals surface area (Å²) in [7, 11) is 1.62. The Morgan fingerprint density at radius 3 is 2.13 bits per heavy atom. The number of hydrogen-bond acceptors (Lipinski definition) is 9. The first-order valence-corrected chi connectivity index (χ1v) is 10.0. The summed E-state index contributed by atoms with van der Waals surface area (Å²) in [6, 6.07) is 3.25. The van der Waals surface area contributed by atoms with E-state index in [4.69, 9.17) is 24.1 Å². The van der Waals surface area contributed by atoms with Crippen molar-refractivity contribution in [2.75, 3.05) is 66.4 Å². The predicted molar refractivity (Wildman–Crippen MR) is 108 cm³/mol. The lowest BCUT2D eigenvalue weighted by atomic mass is 10.3. The van der Waals surface area contributed by atoms with Gasteiger partial charge in [0.2, 0.25) is 0 Å². The summed E-state index contributed by atoms with van der Waals surface area (Å²) in [5.74, 6) is -0.298. The molecule has 0 fully saturated rings. The van der Waals surface area contributed by atoms with Gasteiger partial charge in [-0.2, -0.15) is 0 Å². The Morgan fingerprint density at radius 1 is 0.933 bits per heavy atom. The molecule has 1 heterocycles. The number of aliphatic hydroxyl groups excluding tert-OH is 2. The smallest absolute Gasteiger partial charge is 0.303 e. The Bertz CT molecular complexity index is 566. The van der Waals surface area contributed by atoms with Crippen molar-refractivity contribution < 1.29 is 39.1 Å². The van der Waals surface area contributed by atoms with E-state index in [9.17, 15) is 15.0 Å². The van der Waals surface area contributed by atoms with Crippen molar-refractivity contribution in [1.82, 2.24) is 9.88 Å². The molecular weight excluding hydrogens is 396 g/mol. The van der Waals surface area contributed by atoms with Gasteiger partial charge in [-0.1, -0.05) is 0 Å². The first-order chi connectivity index (χ1) is 14.6. The number of aliphatic hydroxyl groups is 2. The van der Waals surface area contributed by atoms with E-state index in [1.165, 1.54) is 0 Å². The molecule has 10 nitrogen and oxygen atoms in total. The monoisotopic (exact) mass is 430 g/mol. The van der Waals surface area contributed by atoms with Crippen molar-refractivity contribution in [3.63, 3.8) is 0 Å². The van der Waals surface area contributed by atoms with E-state index in [-0.39, 0.29) is 19.6 Å². The molecule has 0 bridgehead atoms. The molecule has 0 radical (unpaired) electrons. The number of carbonyl (C=O) groups is 1. The van der Waals surface area contributed by atoms with Crippen molar-refractivity contribution >= 4 is 5.97 Å². The maximum absolute atomic E-state index is 10.8. The van der Waals surface area contributed by atoms with Crippen molar-refractivity contribution in [3.05, 3.63) is 23.5 Å². The fourth-order valence-corrected chi connectivity index (χ4v) is 2.60. The molecule has 0 atom stereocenters. The minimum atomic E-state index is -0.819. The van der Waals surface area contributed by atoms with Crippen molar-refractivity contribution in [2.45, 2.75) is 26.1 Å². The highest BCUT2D eigenvalue weighted by molar-refractivity contribution is 5.66. The predicted octanol–water partition coefficient (Wildman–Crippen LogP) is 0.291. The Kier molecular flexibility index (Phi) is 14.8. The standard InChI is InChI=1S/C20H34N2O8/c1-27-9-10-29-12-11-28-7-5-22(4-2-3-20(25)26)6-8-30-19-13-17(15-23)21-18(14-19)16-24/h13-14,23-24H,2-12,15-16H2,1H3,(H,25,26). The molecule has 0 aromatic carbocycles. The fourth-order valence-electron chi connectivity index (χ4n) is 2.60. The number of methoxy groups -OCH3 is 1. The van der Waals surface area contributed by atoms with Crippen LogP contribution in [0.15, 0.2) is 12.1 Å². The average Bonchev–Trinajstić information content (AvgIpc) is 2.74. The number of nitrogens with zero attached hydrogens (tertiary/aromatic N) is 2. The summed E-state index contributed by atoms with van der Waals surface area (Å²) >= 11 is 0. The van der Waals surface area contributed by atoms with Gasteiger partial charge in [0.25, 0.3) is 0 Å². The summed E-state index contributed by atoms with van der Waals surface area (Å²) in [5.41, 5.74) is 0.854. The van der Waals surface area contributed by atoms with Crippen LogP contribution in [0.25, 0.3) is 0 Å². The fraction of sp³-hybridized carbons (Fsp3) is 0.700. The molecule has 30 heavy (non-hydrogen) atoms. The van der Waals surface area contributed by atoms with E-state index in [0.29, 0.717) is 82.8 Å². The molecule has 0 unspecified atom stereocenters. The molecule has 0 aliphatic carbocycles. The van der Waals surface area contributed by atoms with Crippen molar-refractivity contribution in [1.29, 1.82) is 0 Å². The van der Waals surface area contributed by atoms with Gasteiger partial charge in [0.05, 0.1) is 57.6 Å². The molecule has 10 heteroatoms. The van der Waals surface area contributed by atoms with E-state index >= 15 is 0 Å². The normalized spacial score (nSPS) is 11.2. The van der Waals surface area contributed by atoms with Crippen molar-refractivity contribution in [2.24, 2.45) is 0 Å². The number of carboxylic acids is 1. The van der Waals surface area contributed by atoms with Gasteiger partial charge in [0, 0.05) is 38.8 Å². The summed E-state index contributed by atoms with van der Waals surface area (Å²) in [6.45, 7) is 4.28. The largest absolute Gasteiger partial charge is 0.492 e. The zero-order valence-corrected chi connectivity index (χ0v) is 17.6. The SMILES string of the molecule is COCCOCCOCCN(CCCC(=O)O)CCOc1cc(CO)nc(CO)c1. The summed E-state index contributed by atoms with van der Waals surface area (Å²) in [5, 5.41) is 27.4. The van der Waals surface area contributed by atoms with Crippen LogP contribution in [0.5, 0.6) is 5.75 Å². The van der Waals surface area contributed by atoms with Crippen LogP contribution in [-0.2, 0) is 32.2 Å². The highest BCUT2D eigenvalue weighted by atomic mass is 16.5. The molecule has 0 aliphatic rings. The lowest BCUT2D eigenvalue weighted by Gasteiger charge is -2.22. The molecule has 1 aromatic rings. The summed E-state index contributed by atoms with van der Waals surface area (Å²) < 4.78 is 21.5. The van der Waals surface area contributed by atoms with Crippen molar-refractivity contribution in [3.8, 4) is 5.75 Å². The minimum Gasteiger partial charge on any atom is -0.492 e. The third kappa shape index (κ3) is 12.7. The topological polar surface area (TPSA) is 131 Å². The second kappa shape index (κ2) is 16.9. The van der Waals surface area contributed by atoms with Crippen LogP contribution >= 0.6 is 0 Å². The van der Waals surface area contributed by atoms with Crippen LogP contribution in [0.1, 0.15) is 24.2 Å². The van der Waals surface area contributed by atoms with Gasteiger partial charge in [0.1, 0.15) is 12.4 Å². The molecule has 0 saturated heterocycles. The first kappa shape index (κ1) is 26.2. The van der Waals surface area contributed by atoms with E-state index in [0.717, 1.165) is 0 Å². The van der Waals surface area contributed by atoms with E-state index < -0.39 is 5.97 Å². The average molecular weight is 430 g/mol. The van der Waals surface area contributed by atoms with Gasteiger partial charge in [-0.05, 0) is 13.0 Å². The third-order valence-electron chi connectivity index (χ3n) is 4.13. The molecule has 0 spiro atoms. The molecule has 0 aliphatic heterocycles. The molecule has 1 rings (SSSR count). The molecule has 172 valence electrons. The van der Waals surface area contributed by atoms with E-state index in [2.05, 4.69) is 9.88 Å². The Labute approximate surface area is 177 Å². The number of ether oxygens (including phenoxy) is 4. The number of rotatable bonds is 19. The minimum absolute atomic E-state index is 0.107. The highest BCUT2D eigenvalue weighted by Crippen LogP contribution is 2.15. The zero-order chi connectivity index (χ0) is 22.0. The van der Waals surface area contributed by atoms with E-state index in [1.54, 1.807) is 19.2 Å². The quantitative estimate of drug-likeness (QED) is 0.263. The molecule has 1 aromatic heterocycles. The maximum Gasteiger partial charge on any atom is 0.303 e. The molecular formula is C20H34N2O8. The number of aromatic nitrogens is 1. The third-order valence-corrected chi connectivity index (χ3v) is 4.13. The lowest BCUT2D eigenvalue weighted by Crippen LogP contribution is -2.33. The second-order valence-electron chi connectivity index (χ2n) is 6.51. The van der Waals surface area contributed by atoms with Crippen LogP contribution in [0.2, 0.25) is 0 Å². The van der Waals surface area contributed by atoms with Gasteiger partial charge < -0.3 is 34.3 Å². The van der Waals surface area contributed by atoms with Gasteiger partial charge in [-0.15, -0.1) is 0 Å². The molecule has 0 amide bonds. The number of hydrogen-bond donors (Lipinski definition) is 3. The van der Waals surface area contributed by atoms with Gasteiger partial charge in [-0.3, -0.25) is 14.7 Å². The molecule has 3 N–H and O–H groups in total. The van der Waals surface area contributed by atoms with Gasteiger partial charge in [-0.25, -0.2) is 0 Å². The summed E-state index contributed by atoms with van der Waals surface area (Å²) in [6.07, 6.45) is 0.643. The Morgan fingerprint density at radius 2 is 1.53 bits per heavy atom. The van der Waals surface area contributed by atoms with Crippen LogP contribution in [0.4, 0.5) is 0 Å². The number of aliphatic carboxylic acids is 1. The Balaban J connectivity index is 2.39. The highest BCUT2D eigenvalue weighted by Gasteiger charge is 2.08. The maximum atomic E-state index is 10.8. The lowest BCUT2D eigenvalue weighted by molar-refractivity contribution is -0.137. The van der Waals surface area contributed by atoms with Crippen LogP contribution in [0.3, 0.4) is 0 Å². The summed E-state index contributed by atoms with van der Waals surface area (Å²) in [4.78, 5) is 16.9. The molecule has 0 saturated carbocycles. The van der Waals surface area contributed by atoms with E-state index in [1.807, 2.05) is 0 Å². The van der Waals surface area contributed by atoms with Crippen LogP contribution in [0, 0.1) is 0 Å². The number of carboxylic acid groups (broad SMARTS) is 1. The van der Waals surface area contributed by atoms with Crippen LogP contribution < -0.4 is 4.74 Å². The van der Waals surface area contributed by atoms with Gasteiger partial charge in [0.15, 0.2) is 0 Å². The van der Waals surface area contributed by atoms with Gasteiger partial charge >= 0.3 is 5.97 Å². The zero-order valence-electron chi connectivity index (χ0n) is 17.6. The second-order valence-corrected chi connectivity index (χ2v) is 6.51. The Hall–Kier alpha value is -1.82. The van der Waals surface area contributed by atoms with Crippen LogP contribution in [-0.4, -0.2) is 97.6 Å². The first-order valence-electron chi connectivity index (χ1n) is 10.0. The number of pyridine rings is 1.